The standard InChI is InChI=1S/C18H16N2O/c19-12-16-15(13-7-3-1-4-8-13)11-18(21,17(16)20)14-9-5-2-6-10-14/h1-10,15,21H,11,20H2/t15-,18-/m0/s1. The maximum atomic E-state index is 11.0. The molecule has 3 rings (SSSR count). The number of nitrogens with zero attached hydrogens (tertiary/aromatic N) is 1. The summed E-state index contributed by atoms with van der Waals surface area (Å²) < 4.78 is 0. The van der Waals surface area contributed by atoms with Crippen LogP contribution in [0.1, 0.15) is 23.5 Å². The summed E-state index contributed by atoms with van der Waals surface area (Å²) in [6, 6.07) is 21.2. The smallest absolute Gasteiger partial charge is 0.131 e. The van der Waals surface area contributed by atoms with Crippen LogP contribution in [-0.2, 0) is 5.60 Å². The fraction of sp³-hybridized carbons (Fsp3) is 0.167. The first-order valence-electron chi connectivity index (χ1n) is 6.90. The van der Waals surface area contributed by atoms with E-state index in [9.17, 15) is 10.4 Å². The van der Waals surface area contributed by atoms with Gasteiger partial charge in [0, 0.05) is 5.92 Å². The van der Waals surface area contributed by atoms with Gasteiger partial charge in [0.25, 0.3) is 0 Å². The third kappa shape index (κ3) is 2.10. The molecule has 3 nitrogen and oxygen atoms in total. The number of hydrogen-bond donors (Lipinski definition) is 2. The number of allylic oxidation sites excluding steroid dienone is 1. The molecule has 0 aromatic heterocycles. The maximum Gasteiger partial charge on any atom is 0.131 e. The van der Waals surface area contributed by atoms with Gasteiger partial charge in [-0.3, -0.25) is 0 Å². The molecule has 0 radical (unpaired) electrons. The molecule has 3 N–H and O–H groups in total. The van der Waals surface area contributed by atoms with E-state index in [4.69, 9.17) is 5.73 Å². The van der Waals surface area contributed by atoms with Gasteiger partial charge in [-0.05, 0) is 17.5 Å². The zero-order chi connectivity index (χ0) is 14.9. The molecule has 0 saturated carbocycles. The Morgan fingerprint density at radius 1 is 1.05 bits per heavy atom. The zero-order valence-corrected chi connectivity index (χ0v) is 11.5. The molecule has 2 atom stereocenters. The summed E-state index contributed by atoms with van der Waals surface area (Å²) in [4.78, 5) is 0. The van der Waals surface area contributed by atoms with E-state index in [0.29, 0.717) is 12.0 Å². The Bertz CT molecular complexity index is 716. The number of aliphatic hydroxyl groups is 1. The summed E-state index contributed by atoms with van der Waals surface area (Å²) in [6.45, 7) is 0. The molecule has 1 aliphatic rings. The Balaban J connectivity index is 2.09. The highest BCUT2D eigenvalue weighted by Gasteiger charge is 2.45. The van der Waals surface area contributed by atoms with Crippen LogP contribution in [0.2, 0.25) is 0 Å². The van der Waals surface area contributed by atoms with Crippen molar-refractivity contribution in [3.05, 3.63) is 83.1 Å². The Morgan fingerprint density at radius 2 is 1.62 bits per heavy atom. The van der Waals surface area contributed by atoms with E-state index in [0.717, 1.165) is 11.1 Å². The molecule has 0 bridgehead atoms. The molecular weight excluding hydrogens is 260 g/mol. The molecule has 3 heteroatoms. The summed E-state index contributed by atoms with van der Waals surface area (Å²) in [5.74, 6) is -0.165. The average Bonchev–Trinajstić information content (AvgIpc) is 2.82. The van der Waals surface area contributed by atoms with Gasteiger partial charge >= 0.3 is 0 Å². The van der Waals surface area contributed by atoms with E-state index < -0.39 is 5.60 Å². The Labute approximate surface area is 124 Å². The Morgan fingerprint density at radius 3 is 2.19 bits per heavy atom. The zero-order valence-electron chi connectivity index (χ0n) is 11.5. The normalized spacial score (nSPS) is 24.9. The molecule has 21 heavy (non-hydrogen) atoms. The second kappa shape index (κ2) is 5.08. The molecule has 0 heterocycles. The van der Waals surface area contributed by atoms with Gasteiger partial charge in [0.15, 0.2) is 0 Å². The predicted molar refractivity (Wildman–Crippen MR) is 81.0 cm³/mol. The number of rotatable bonds is 2. The largest absolute Gasteiger partial charge is 0.399 e. The van der Waals surface area contributed by atoms with Crippen LogP contribution in [-0.4, -0.2) is 5.11 Å². The van der Waals surface area contributed by atoms with Gasteiger partial charge < -0.3 is 10.8 Å². The molecule has 2 aromatic carbocycles. The molecule has 0 saturated heterocycles. The number of nitriles is 1. The minimum Gasteiger partial charge on any atom is -0.399 e. The van der Waals surface area contributed by atoms with E-state index in [1.54, 1.807) is 0 Å². The van der Waals surface area contributed by atoms with Gasteiger partial charge in [0.1, 0.15) is 5.60 Å². The second-order valence-electron chi connectivity index (χ2n) is 5.33. The lowest BCUT2D eigenvalue weighted by Gasteiger charge is -2.25. The average molecular weight is 276 g/mol. The molecule has 0 unspecified atom stereocenters. The van der Waals surface area contributed by atoms with E-state index in [-0.39, 0.29) is 11.6 Å². The molecule has 0 amide bonds. The third-order valence-electron chi connectivity index (χ3n) is 4.16. The van der Waals surface area contributed by atoms with Crippen molar-refractivity contribution in [3.63, 3.8) is 0 Å². The topological polar surface area (TPSA) is 70.0 Å². The Kier molecular flexibility index (Phi) is 3.25. The minimum absolute atomic E-state index is 0.165. The lowest BCUT2D eigenvalue weighted by Crippen LogP contribution is -2.29. The van der Waals surface area contributed by atoms with Crippen LogP contribution < -0.4 is 5.73 Å². The summed E-state index contributed by atoms with van der Waals surface area (Å²) in [5.41, 5.74) is 7.33. The quantitative estimate of drug-likeness (QED) is 0.886. The first-order valence-corrected chi connectivity index (χ1v) is 6.90. The number of benzene rings is 2. The summed E-state index contributed by atoms with van der Waals surface area (Å²) in [6.07, 6.45) is 0.399. The summed E-state index contributed by atoms with van der Waals surface area (Å²) in [7, 11) is 0. The van der Waals surface area contributed by atoms with Crippen molar-refractivity contribution in [1.82, 2.24) is 0 Å². The van der Waals surface area contributed by atoms with Crippen LogP contribution in [0.15, 0.2) is 71.9 Å². The number of nitrogens with two attached hydrogens (primary N) is 1. The predicted octanol–water partition coefficient (Wildman–Crippen LogP) is 2.80. The molecule has 104 valence electrons. The fourth-order valence-electron chi connectivity index (χ4n) is 3.01. The molecule has 1 aliphatic carbocycles. The lowest BCUT2D eigenvalue weighted by molar-refractivity contribution is 0.0724. The fourth-order valence-corrected chi connectivity index (χ4v) is 3.01. The minimum atomic E-state index is -1.27. The Hall–Kier alpha value is -2.57. The van der Waals surface area contributed by atoms with E-state index in [1.807, 2.05) is 60.7 Å². The van der Waals surface area contributed by atoms with Crippen LogP contribution in [0, 0.1) is 11.3 Å². The van der Waals surface area contributed by atoms with E-state index in [1.165, 1.54) is 0 Å². The third-order valence-corrected chi connectivity index (χ3v) is 4.16. The molecular formula is C18H16N2O. The van der Waals surface area contributed by atoms with Gasteiger partial charge in [-0.25, -0.2) is 0 Å². The van der Waals surface area contributed by atoms with Crippen LogP contribution in [0.4, 0.5) is 0 Å². The van der Waals surface area contributed by atoms with E-state index >= 15 is 0 Å². The van der Waals surface area contributed by atoms with Crippen LogP contribution in [0.5, 0.6) is 0 Å². The maximum absolute atomic E-state index is 11.0. The van der Waals surface area contributed by atoms with Crippen molar-refractivity contribution in [2.75, 3.05) is 0 Å². The first-order chi connectivity index (χ1) is 10.2. The monoisotopic (exact) mass is 276 g/mol. The van der Waals surface area contributed by atoms with Crippen LogP contribution in [0.25, 0.3) is 0 Å². The van der Waals surface area contributed by atoms with Crippen molar-refractivity contribution >= 4 is 0 Å². The summed E-state index contributed by atoms with van der Waals surface area (Å²) >= 11 is 0. The van der Waals surface area contributed by atoms with Gasteiger partial charge in [-0.1, -0.05) is 60.7 Å². The molecule has 0 aliphatic heterocycles. The highest BCUT2D eigenvalue weighted by Crippen LogP contribution is 2.48. The highest BCUT2D eigenvalue weighted by atomic mass is 16.3. The SMILES string of the molecule is N#CC1=C(N)[C@@](O)(c2ccccc2)C[C@H]1c1ccccc1. The van der Waals surface area contributed by atoms with Crippen molar-refractivity contribution in [1.29, 1.82) is 5.26 Å². The molecule has 0 spiro atoms. The van der Waals surface area contributed by atoms with Gasteiger partial charge in [0.05, 0.1) is 17.3 Å². The van der Waals surface area contributed by atoms with Crippen molar-refractivity contribution in [2.45, 2.75) is 17.9 Å². The first kappa shape index (κ1) is 13.4. The molecule has 2 aromatic rings. The number of hydrogen-bond acceptors (Lipinski definition) is 3. The van der Waals surface area contributed by atoms with Gasteiger partial charge in [-0.2, -0.15) is 5.26 Å². The van der Waals surface area contributed by atoms with Crippen molar-refractivity contribution in [2.24, 2.45) is 5.73 Å². The van der Waals surface area contributed by atoms with Gasteiger partial charge in [0.2, 0.25) is 0 Å². The van der Waals surface area contributed by atoms with Crippen molar-refractivity contribution in [3.8, 4) is 6.07 Å². The van der Waals surface area contributed by atoms with Gasteiger partial charge in [-0.15, -0.1) is 0 Å². The molecule has 0 fully saturated rings. The lowest BCUT2D eigenvalue weighted by atomic mass is 9.86. The second-order valence-corrected chi connectivity index (χ2v) is 5.33. The summed E-state index contributed by atoms with van der Waals surface area (Å²) in [5, 5.41) is 20.5. The van der Waals surface area contributed by atoms with E-state index in [2.05, 4.69) is 6.07 Å². The van der Waals surface area contributed by atoms with Crippen molar-refractivity contribution < 1.29 is 5.11 Å². The highest BCUT2D eigenvalue weighted by molar-refractivity contribution is 5.50. The van der Waals surface area contributed by atoms with Crippen LogP contribution >= 0.6 is 0 Å². The van der Waals surface area contributed by atoms with Crippen LogP contribution in [0.3, 0.4) is 0 Å².